The second-order valence-corrected chi connectivity index (χ2v) is 4.48. The number of rotatable bonds is 3. The zero-order valence-electron chi connectivity index (χ0n) is 9.29. The zero-order chi connectivity index (χ0) is 11.5. The summed E-state index contributed by atoms with van der Waals surface area (Å²) in [7, 11) is 1.54. The Bertz CT molecular complexity index is 376. The predicted octanol–water partition coefficient (Wildman–Crippen LogP) is 2.35. The van der Waals surface area contributed by atoms with Crippen molar-refractivity contribution in [2.75, 3.05) is 13.7 Å². The van der Waals surface area contributed by atoms with E-state index in [1.165, 1.54) is 6.42 Å². The summed E-state index contributed by atoms with van der Waals surface area (Å²) in [5.41, 5.74) is 0.778. The highest BCUT2D eigenvalue weighted by molar-refractivity contribution is 6.31. The van der Waals surface area contributed by atoms with E-state index < -0.39 is 0 Å². The van der Waals surface area contributed by atoms with Crippen LogP contribution in [0, 0.1) is 0 Å². The lowest BCUT2D eigenvalue weighted by atomic mass is 10.0. The van der Waals surface area contributed by atoms with Gasteiger partial charge in [0, 0.05) is 16.6 Å². The van der Waals surface area contributed by atoms with E-state index in [2.05, 4.69) is 5.32 Å². The second kappa shape index (κ2) is 4.93. The van der Waals surface area contributed by atoms with Gasteiger partial charge >= 0.3 is 0 Å². The van der Waals surface area contributed by atoms with Crippen LogP contribution in [-0.2, 0) is 6.42 Å². The minimum atomic E-state index is 0.170. The molecule has 1 saturated heterocycles. The van der Waals surface area contributed by atoms with Crippen LogP contribution in [0.1, 0.15) is 18.4 Å². The number of aromatic hydroxyl groups is 1. The fourth-order valence-corrected chi connectivity index (χ4v) is 2.36. The Hall–Kier alpha value is -0.930. The van der Waals surface area contributed by atoms with Crippen molar-refractivity contribution >= 4 is 11.6 Å². The molecular weight excluding hydrogens is 226 g/mol. The van der Waals surface area contributed by atoms with E-state index in [4.69, 9.17) is 16.3 Å². The average molecular weight is 242 g/mol. The largest absolute Gasteiger partial charge is 0.504 e. The molecule has 4 heteroatoms. The van der Waals surface area contributed by atoms with Gasteiger partial charge in [0.05, 0.1) is 7.11 Å². The fraction of sp³-hybridized carbons (Fsp3) is 0.500. The molecular formula is C12H16ClNO2. The van der Waals surface area contributed by atoms with Crippen LogP contribution in [0.5, 0.6) is 11.5 Å². The van der Waals surface area contributed by atoms with E-state index in [9.17, 15) is 5.11 Å². The van der Waals surface area contributed by atoms with Gasteiger partial charge in [-0.25, -0.2) is 0 Å². The quantitative estimate of drug-likeness (QED) is 0.854. The maximum atomic E-state index is 9.99. The summed E-state index contributed by atoms with van der Waals surface area (Å²) in [6, 6.07) is 3.86. The molecule has 16 heavy (non-hydrogen) atoms. The van der Waals surface area contributed by atoms with Crippen molar-refractivity contribution < 1.29 is 9.84 Å². The van der Waals surface area contributed by atoms with Gasteiger partial charge in [0.1, 0.15) is 0 Å². The van der Waals surface area contributed by atoms with Gasteiger partial charge in [-0.15, -0.1) is 0 Å². The number of phenolic OH excluding ortho intramolecular Hbond substituents is 1. The topological polar surface area (TPSA) is 41.5 Å². The van der Waals surface area contributed by atoms with Gasteiger partial charge in [-0.05, 0) is 37.9 Å². The first-order chi connectivity index (χ1) is 7.72. The SMILES string of the molecule is COc1ccc(Cl)c(CC2CCCN2)c1O. The molecule has 88 valence electrons. The van der Waals surface area contributed by atoms with Crippen molar-refractivity contribution in [2.24, 2.45) is 0 Å². The summed E-state index contributed by atoms with van der Waals surface area (Å²) in [6.07, 6.45) is 3.07. The van der Waals surface area contributed by atoms with Gasteiger partial charge in [0.2, 0.25) is 0 Å². The number of methoxy groups -OCH3 is 1. The number of hydrogen-bond acceptors (Lipinski definition) is 3. The highest BCUT2D eigenvalue weighted by Crippen LogP contribution is 2.36. The molecule has 1 unspecified atom stereocenters. The Kier molecular flexibility index (Phi) is 3.56. The molecule has 1 atom stereocenters. The maximum Gasteiger partial charge on any atom is 0.162 e. The van der Waals surface area contributed by atoms with Gasteiger partial charge in [0.15, 0.2) is 11.5 Å². The summed E-state index contributed by atoms with van der Waals surface area (Å²) in [6.45, 7) is 1.05. The molecule has 1 aromatic carbocycles. The van der Waals surface area contributed by atoms with Gasteiger partial charge in [-0.1, -0.05) is 11.6 Å². The van der Waals surface area contributed by atoms with Crippen LogP contribution in [0.2, 0.25) is 5.02 Å². The lowest BCUT2D eigenvalue weighted by Crippen LogP contribution is -2.23. The standard InChI is InChI=1S/C12H16ClNO2/c1-16-11-5-4-10(13)9(12(11)15)7-8-3-2-6-14-8/h4-5,8,14-15H,2-3,6-7H2,1H3. The van der Waals surface area contributed by atoms with E-state index in [0.29, 0.717) is 16.8 Å². The molecule has 1 aliphatic rings. The number of ether oxygens (including phenoxy) is 1. The van der Waals surface area contributed by atoms with Crippen LogP contribution in [0.25, 0.3) is 0 Å². The lowest BCUT2D eigenvalue weighted by Gasteiger charge is -2.14. The number of nitrogens with one attached hydrogen (secondary N) is 1. The van der Waals surface area contributed by atoms with E-state index in [1.54, 1.807) is 19.2 Å². The Morgan fingerprint density at radius 1 is 1.56 bits per heavy atom. The maximum absolute atomic E-state index is 9.99. The molecule has 2 rings (SSSR count). The number of hydrogen-bond donors (Lipinski definition) is 2. The Balaban J connectivity index is 2.23. The van der Waals surface area contributed by atoms with Crippen LogP contribution in [-0.4, -0.2) is 24.8 Å². The third-order valence-corrected chi connectivity index (χ3v) is 3.38. The normalized spacial score (nSPS) is 20.0. The molecule has 0 amide bonds. The average Bonchev–Trinajstić information content (AvgIpc) is 2.77. The van der Waals surface area contributed by atoms with Crippen molar-refractivity contribution in [3.05, 3.63) is 22.7 Å². The molecule has 1 heterocycles. The highest BCUT2D eigenvalue weighted by atomic mass is 35.5. The van der Waals surface area contributed by atoms with Crippen molar-refractivity contribution in [1.29, 1.82) is 0 Å². The lowest BCUT2D eigenvalue weighted by molar-refractivity contribution is 0.369. The minimum absolute atomic E-state index is 0.170. The van der Waals surface area contributed by atoms with E-state index in [-0.39, 0.29) is 5.75 Å². The van der Waals surface area contributed by atoms with E-state index in [0.717, 1.165) is 24.9 Å². The summed E-state index contributed by atoms with van der Waals surface area (Å²) < 4.78 is 5.08. The molecule has 0 aromatic heterocycles. The molecule has 0 radical (unpaired) electrons. The first kappa shape index (κ1) is 11.6. The zero-order valence-corrected chi connectivity index (χ0v) is 10.0. The first-order valence-corrected chi connectivity index (χ1v) is 5.88. The molecule has 0 aliphatic carbocycles. The van der Waals surface area contributed by atoms with Crippen LogP contribution < -0.4 is 10.1 Å². The minimum Gasteiger partial charge on any atom is -0.504 e. The summed E-state index contributed by atoms with van der Waals surface area (Å²) >= 11 is 6.09. The van der Waals surface area contributed by atoms with Gasteiger partial charge < -0.3 is 15.2 Å². The monoisotopic (exact) mass is 241 g/mol. The van der Waals surface area contributed by atoms with Gasteiger partial charge in [-0.3, -0.25) is 0 Å². The molecule has 0 saturated carbocycles. The van der Waals surface area contributed by atoms with Crippen LogP contribution >= 0.6 is 11.6 Å². The van der Waals surface area contributed by atoms with Crippen LogP contribution in [0.4, 0.5) is 0 Å². The molecule has 1 fully saturated rings. The summed E-state index contributed by atoms with van der Waals surface area (Å²) in [4.78, 5) is 0. The van der Waals surface area contributed by atoms with Gasteiger partial charge in [0.25, 0.3) is 0 Å². The van der Waals surface area contributed by atoms with Crippen molar-refractivity contribution in [2.45, 2.75) is 25.3 Å². The predicted molar refractivity (Wildman–Crippen MR) is 64.4 cm³/mol. The smallest absolute Gasteiger partial charge is 0.162 e. The summed E-state index contributed by atoms with van der Waals surface area (Å²) in [5.74, 6) is 0.654. The molecule has 0 bridgehead atoms. The third kappa shape index (κ3) is 2.25. The Labute approximate surface area is 100 Å². The number of halogens is 1. The molecule has 1 aliphatic heterocycles. The van der Waals surface area contributed by atoms with Crippen LogP contribution in [0.15, 0.2) is 12.1 Å². The fourth-order valence-electron chi connectivity index (χ4n) is 2.13. The molecule has 1 aromatic rings. The summed E-state index contributed by atoms with van der Waals surface area (Å²) in [5, 5.41) is 14.0. The Morgan fingerprint density at radius 3 is 3.00 bits per heavy atom. The molecule has 0 spiro atoms. The third-order valence-electron chi connectivity index (χ3n) is 3.02. The molecule has 3 nitrogen and oxygen atoms in total. The van der Waals surface area contributed by atoms with Crippen molar-refractivity contribution in [3.63, 3.8) is 0 Å². The van der Waals surface area contributed by atoms with Gasteiger partial charge in [-0.2, -0.15) is 0 Å². The Morgan fingerprint density at radius 2 is 2.38 bits per heavy atom. The van der Waals surface area contributed by atoms with Crippen molar-refractivity contribution in [3.8, 4) is 11.5 Å². The highest BCUT2D eigenvalue weighted by Gasteiger charge is 2.19. The number of benzene rings is 1. The number of phenols is 1. The first-order valence-electron chi connectivity index (χ1n) is 5.50. The van der Waals surface area contributed by atoms with E-state index in [1.807, 2.05) is 0 Å². The van der Waals surface area contributed by atoms with Crippen molar-refractivity contribution in [1.82, 2.24) is 5.32 Å². The second-order valence-electron chi connectivity index (χ2n) is 4.07. The van der Waals surface area contributed by atoms with E-state index >= 15 is 0 Å². The molecule has 2 N–H and O–H groups in total. The van der Waals surface area contributed by atoms with Crippen LogP contribution in [0.3, 0.4) is 0 Å².